The molecule has 0 spiro atoms. The van der Waals surface area contributed by atoms with Gasteiger partial charge >= 0.3 is 6.03 Å². The SMILES string of the molecule is COCCn1c(SCC(=O)NC(=O)NC2CCCCC2)nc2ccccc21. The highest BCUT2D eigenvalue weighted by atomic mass is 32.2. The third-order valence-corrected chi connectivity index (χ3v) is 5.64. The topological polar surface area (TPSA) is 85.2 Å². The van der Waals surface area contributed by atoms with Gasteiger partial charge in [-0.15, -0.1) is 0 Å². The third-order valence-electron chi connectivity index (χ3n) is 4.66. The first-order chi connectivity index (χ1) is 13.2. The Hall–Kier alpha value is -2.06. The van der Waals surface area contributed by atoms with E-state index in [1.807, 2.05) is 28.8 Å². The van der Waals surface area contributed by atoms with E-state index in [4.69, 9.17) is 4.74 Å². The summed E-state index contributed by atoms with van der Waals surface area (Å²) < 4.78 is 7.22. The highest BCUT2D eigenvalue weighted by Gasteiger charge is 2.18. The number of ether oxygens (including phenoxy) is 1. The zero-order valence-corrected chi connectivity index (χ0v) is 16.4. The summed E-state index contributed by atoms with van der Waals surface area (Å²) in [6.45, 7) is 1.22. The van der Waals surface area contributed by atoms with E-state index in [2.05, 4.69) is 15.6 Å². The summed E-state index contributed by atoms with van der Waals surface area (Å²) in [5, 5.41) is 6.06. The van der Waals surface area contributed by atoms with Crippen LogP contribution in [0.1, 0.15) is 32.1 Å². The minimum absolute atomic E-state index is 0.133. The molecule has 1 aliphatic carbocycles. The molecule has 0 radical (unpaired) electrons. The molecule has 0 atom stereocenters. The minimum atomic E-state index is -0.402. The van der Waals surface area contributed by atoms with Gasteiger partial charge < -0.3 is 14.6 Å². The highest BCUT2D eigenvalue weighted by Crippen LogP contribution is 2.24. The normalized spacial score (nSPS) is 15.0. The van der Waals surface area contributed by atoms with Crippen LogP contribution in [0.4, 0.5) is 4.79 Å². The fourth-order valence-electron chi connectivity index (χ4n) is 3.32. The summed E-state index contributed by atoms with van der Waals surface area (Å²) in [5.41, 5.74) is 1.89. The average molecular weight is 391 g/mol. The Balaban J connectivity index is 1.55. The second-order valence-electron chi connectivity index (χ2n) is 6.67. The molecule has 146 valence electrons. The van der Waals surface area contributed by atoms with E-state index in [1.165, 1.54) is 18.2 Å². The van der Waals surface area contributed by atoms with Crippen molar-refractivity contribution in [3.63, 3.8) is 0 Å². The second kappa shape index (κ2) is 9.75. The minimum Gasteiger partial charge on any atom is -0.383 e. The Morgan fingerprint density at radius 3 is 2.81 bits per heavy atom. The summed E-state index contributed by atoms with van der Waals surface area (Å²) >= 11 is 1.32. The van der Waals surface area contributed by atoms with Crippen LogP contribution in [0.3, 0.4) is 0 Å². The van der Waals surface area contributed by atoms with Crippen molar-refractivity contribution in [2.45, 2.75) is 49.8 Å². The molecule has 7 nitrogen and oxygen atoms in total. The summed E-state index contributed by atoms with van der Waals surface area (Å²) in [4.78, 5) is 28.7. The number of rotatable bonds is 7. The van der Waals surface area contributed by atoms with Crippen LogP contribution in [0, 0.1) is 0 Å². The number of hydrogen-bond donors (Lipinski definition) is 2. The number of para-hydroxylation sites is 2. The average Bonchev–Trinajstić information content (AvgIpc) is 3.03. The van der Waals surface area contributed by atoms with E-state index < -0.39 is 6.03 Å². The van der Waals surface area contributed by atoms with Gasteiger partial charge in [-0.3, -0.25) is 10.1 Å². The predicted molar refractivity (Wildman–Crippen MR) is 106 cm³/mol. The van der Waals surface area contributed by atoms with Crippen LogP contribution in [0.5, 0.6) is 0 Å². The van der Waals surface area contributed by atoms with Gasteiger partial charge in [-0.25, -0.2) is 9.78 Å². The Morgan fingerprint density at radius 1 is 1.26 bits per heavy atom. The maximum absolute atomic E-state index is 12.2. The van der Waals surface area contributed by atoms with Crippen molar-refractivity contribution >= 4 is 34.7 Å². The molecule has 0 aliphatic heterocycles. The van der Waals surface area contributed by atoms with Gasteiger partial charge in [0.1, 0.15) is 0 Å². The number of imidazole rings is 1. The van der Waals surface area contributed by atoms with Crippen molar-refractivity contribution < 1.29 is 14.3 Å². The van der Waals surface area contributed by atoms with Crippen LogP contribution in [0.15, 0.2) is 29.4 Å². The molecule has 2 N–H and O–H groups in total. The number of thioether (sulfide) groups is 1. The van der Waals surface area contributed by atoms with Crippen LogP contribution in [0.2, 0.25) is 0 Å². The molecule has 0 unspecified atom stereocenters. The van der Waals surface area contributed by atoms with Crippen molar-refractivity contribution in [3.05, 3.63) is 24.3 Å². The summed E-state index contributed by atoms with van der Waals surface area (Å²) in [6.07, 6.45) is 5.46. The number of amides is 3. The fourth-order valence-corrected chi connectivity index (χ4v) is 4.16. The number of carbonyl (C=O) groups is 2. The molecule has 3 amide bonds. The lowest BCUT2D eigenvalue weighted by Gasteiger charge is -2.22. The van der Waals surface area contributed by atoms with Crippen LogP contribution in [-0.2, 0) is 16.1 Å². The van der Waals surface area contributed by atoms with E-state index in [1.54, 1.807) is 7.11 Å². The maximum atomic E-state index is 12.2. The maximum Gasteiger partial charge on any atom is 0.321 e. The number of aromatic nitrogens is 2. The smallest absolute Gasteiger partial charge is 0.321 e. The molecular weight excluding hydrogens is 364 g/mol. The third kappa shape index (κ3) is 5.46. The second-order valence-corrected chi connectivity index (χ2v) is 7.62. The van der Waals surface area contributed by atoms with Gasteiger partial charge in [0.05, 0.1) is 23.4 Å². The molecule has 0 saturated heterocycles. The standard InChI is InChI=1S/C19H26N4O3S/c1-26-12-11-23-16-10-6-5-9-15(16)21-19(23)27-13-17(24)22-18(25)20-14-7-3-2-4-8-14/h5-6,9-10,14H,2-4,7-8,11-13H2,1H3,(H2,20,22,24,25). The van der Waals surface area contributed by atoms with Crippen LogP contribution in [0.25, 0.3) is 11.0 Å². The zero-order valence-electron chi connectivity index (χ0n) is 15.6. The fraction of sp³-hybridized carbons (Fsp3) is 0.526. The van der Waals surface area contributed by atoms with Crippen molar-refractivity contribution in [2.75, 3.05) is 19.5 Å². The van der Waals surface area contributed by atoms with E-state index in [0.29, 0.717) is 13.2 Å². The Bertz CT molecular complexity index is 786. The van der Waals surface area contributed by atoms with Gasteiger partial charge in [0, 0.05) is 19.7 Å². The van der Waals surface area contributed by atoms with Gasteiger partial charge in [-0.05, 0) is 25.0 Å². The van der Waals surface area contributed by atoms with Crippen LogP contribution >= 0.6 is 11.8 Å². The monoisotopic (exact) mass is 390 g/mol. The highest BCUT2D eigenvalue weighted by molar-refractivity contribution is 7.99. The first-order valence-electron chi connectivity index (χ1n) is 9.34. The molecule has 8 heteroatoms. The molecule has 0 bridgehead atoms. The van der Waals surface area contributed by atoms with E-state index in [0.717, 1.165) is 41.9 Å². The lowest BCUT2D eigenvalue weighted by molar-refractivity contribution is -0.117. The molecule has 1 aromatic heterocycles. The van der Waals surface area contributed by atoms with E-state index in [9.17, 15) is 9.59 Å². The van der Waals surface area contributed by atoms with Crippen LogP contribution < -0.4 is 10.6 Å². The van der Waals surface area contributed by atoms with Gasteiger partial charge in [0.15, 0.2) is 5.16 Å². The molecular formula is C19H26N4O3S. The Morgan fingerprint density at radius 2 is 2.04 bits per heavy atom. The summed E-state index contributed by atoms with van der Waals surface area (Å²) in [6, 6.07) is 7.62. The predicted octanol–water partition coefficient (Wildman–Crippen LogP) is 2.93. The van der Waals surface area contributed by atoms with Gasteiger partial charge in [0.2, 0.25) is 5.91 Å². The van der Waals surface area contributed by atoms with Crippen molar-refractivity contribution in [3.8, 4) is 0 Å². The number of nitrogens with zero attached hydrogens (tertiary/aromatic N) is 2. The molecule has 1 aliphatic rings. The van der Waals surface area contributed by atoms with Crippen molar-refractivity contribution in [2.24, 2.45) is 0 Å². The number of hydrogen-bond acceptors (Lipinski definition) is 5. The molecule has 2 aromatic rings. The molecule has 1 fully saturated rings. The molecule has 27 heavy (non-hydrogen) atoms. The first kappa shape index (κ1) is 19.7. The largest absolute Gasteiger partial charge is 0.383 e. The van der Waals surface area contributed by atoms with Crippen LogP contribution in [-0.4, -0.2) is 47.0 Å². The molecule has 1 saturated carbocycles. The van der Waals surface area contributed by atoms with Gasteiger partial charge in [-0.1, -0.05) is 43.2 Å². The van der Waals surface area contributed by atoms with Gasteiger partial charge in [-0.2, -0.15) is 0 Å². The lowest BCUT2D eigenvalue weighted by atomic mass is 9.96. The van der Waals surface area contributed by atoms with Gasteiger partial charge in [0.25, 0.3) is 0 Å². The van der Waals surface area contributed by atoms with E-state index >= 15 is 0 Å². The summed E-state index contributed by atoms with van der Waals surface area (Å²) in [5.74, 6) is -0.187. The van der Waals surface area contributed by atoms with E-state index in [-0.39, 0.29) is 17.7 Å². The van der Waals surface area contributed by atoms with Crippen molar-refractivity contribution in [1.82, 2.24) is 20.2 Å². The summed E-state index contributed by atoms with van der Waals surface area (Å²) in [7, 11) is 1.66. The molecule has 1 heterocycles. The first-order valence-corrected chi connectivity index (χ1v) is 10.3. The number of carbonyl (C=O) groups excluding carboxylic acids is 2. The zero-order chi connectivity index (χ0) is 19.1. The Labute approximate surface area is 163 Å². The molecule has 1 aromatic carbocycles. The number of fused-ring (bicyclic) bond motifs is 1. The number of imide groups is 1. The Kier molecular flexibility index (Phi) is 7.11. The number of benzene rings is 1. The molecule has 3 rings (SSSR count). The quantitative estimate of drug-likeness (QED) is 0.710. The van der Waals surface area contributed by atoms with Crippen molar-refractivity contribution in [1.29, 1.82) is 0 Å². The lowest BCUT2D eigenvalue weighted by Crippen LogP contribution is -2.45. The number of methoxy groups -OCH3 is 1. The number of urea groups is 1. The number of nitrogens with one attached hydrogen (secondary N) is 2.